The Morgan fingerprint density at radius 2 is 1.56 bits per heavy atom. The molecule has 1 saturated carbocycles. The third kappa shape index (κ3) is 4.59. The van der Waals surface area contributed by atoms with Gasteiger partial charge in [-0.15, -0.1) is 0 Å². The van der Waals surface area contributed by atoms with E-state index in [0.29, 0.717) is 17.9 Å². The smallest absolute Gasteiger partial charge is 0.160 e. The Balaban J connectivity index is 1.10. The van der Waals surface area contributed by atoms with E-state index in [1.54, 1.807) is 0 Å². The Kier molecular flexibility index (Phi) is 6.79. The van der Waals surface area contributed by atoms with E-state index in [4.69, 9.17) is 15.0 Å². The molecule has 4 heteroatoms. The molecule has 3 heterocycles. The quantitative estimate of drug-likeness (QED) is 0.168. The van der Waals surface area contributed by atoms with Gasteiger partial charge < -0.3 is 4.90 Å². The van der Waals surface area contributed by atoms with Crippen LogP contribution in [0.3, 0.4) is 0 Å². The number of benzene rings is 4. The minimum atomic E-state index is -0.194. The molecule has 0 amide bonds. The van der Waals surface area contributed by atoms with Crippen molar-refractivity contribution in [2.24, 2.45) is 11.8 Å². The highest BCUT2D eigenvalue weighted by Crippen LogP contribution is 2.71. The van der Waals surface area contributed by atoms with Gasteiger partial charge in [-0.3, -0.25) is 0 Å². The largest absolute Gasteiger partial charge is 0.336 e. The lowest BCUT2D eigenvalue weighted by molar-refractivity contribution is 0.577. The van der Waals surface area contributed by atoms with Gasteiger partial charge in [-0.2, -0.15) is 0 Å². The predicted molar refractivity (Wildman–Crippen MR) is 223 cm³/mol. The van der Waals surface area contributed by atoms with Gasteiger partial charge in [-0.1, -0.05) is 153 Å². The SMILES string of the molecule is CC1C=CC=C(c2cc(C3(C)C=CC=CC3)nc(-c3ccc(-c4nc5ccc6ccccc6c5c5c4C46C=CC=CC4C6N5c4ccccc4)cc3)n2)C1. The van der Waals surface area contributed by atoms with Gasteiger partial charge in [-0.25, -0.2) is 15.0 Å². The minimum Gasteiger partial charge on any atom is -0.336 e. The van der Waals surface area contributed by atoms with Crippen molar-refractivity contribution in [1.29, 1.82) is 0 Å². The van der Waals surface area contributed by atoms with Crippen LogP contribution < -0.4 is 4.90 Å². The molecule has 1 spiro atoms. The van der Waals surface area contributed by atoms with Crippen molar-refractivity contribution < 1.29 is 0 Å². The maximum absolute atomic E-state index is 5.58. The maximum Gasteiger partial charge on any atom is 0.160 e. The van der Waals surface area contributed by atoms with Gasteiger partial charge in [0.1, 0.15) is 0 Å². The monoisotopic (exact) mass is 696 g/mol. The Labute approximate surface area is 316 Å². The summed E-state index contributed by atoms with van der Waals surface area (Å²) >= 11 is 0. The number of allylic oxidation sites excluding steroid dienone is 10. The zero-order valence-corrected chi connectivity index (χ0v) is 30.5. The Morgan fingerprint density at radius 1 is 0.741 bits per heavy atom. The average molecular weight is 697 g/mol. The summed E-state index contributed by atoms with van der Waals surface area (Å²) in [6.07, 6.45) is 26.7. The first kappa shape index (κ1) is 31.4. The Hall–Kier alpha value is -6.13. The molecule has 0 saturated heterocycles. The highest BCUT2D eigenvalue weighted by Gasteiger charge is 2.72. The zero-order chi connectivity index (χ0) is 36.0. The summed E-state index contributed by atoms with van der Waals surface area (Å²) in [5.41, 5.74) is 11.0. The molecule has 6 aromatic rings. The van der Waals surface area contributed by atoms with Crippen LogP contribution in [0.5, 0.6) is 0 Å². The molecule has 0 radical (unpaired) electrons. The predicted octanol–water partition coefficient (Wildman–Crippen LogP) is 11.8. The maximum atomic E-state index is 5.58. The van der Waals surface area contributed by atoms with Crippen LogP contribution in [-0.2, 0) is 10.8 Å². The number of para-hydroxylation sites is 1. The molecular weight excluding hydrogens is 657 g/mol. The van der Waals surface area contributed by atoms with Crippen LogP contribution in [0.4, 0.5) is 11.4 Å². The number of hydrogen-bond donors (Lipinski definition) is 0. The molecule has 5 atom stereocenters. The summed E-state index contributed by atoms with van der Waals surface area (Å²) in [7, 11) is 0. The van der Waals surface area contributed by atoms with Crippen LogP contribution in [0.1, 0.15) is 43.6 Å². The van der Waals surface area contributed by atoms with Crippen molar-refractivity contribution in [3.8, 4) is 22.6 Å². The second-order valence-electron chi connectivity index (χ2n) is 15.9. The van der Waals surface area contributed by atoms with Crippen LogP contribution >= 0.6 is 0 Å². The molecule has 5 aliphatic rings. The molecule has 2 aromatic heterocycles. The van der Waals surface area contributed by atoms with Crippen molar-refractivity contribution >= 4 is 38.6 Å². The fourth-order valence-corrected chi connectivity index (χ4v) is 9.72. The van der Waals surface area contributed by atoms with Crippen molar-refractivity contribution in [3.05, 3.63) is 181 Å². The topological polar surface area (TPSA) is 41.9 Å². The van der Waals surface area contributed by atoms with E-state index >= 15 is 0 Å². The van der Waals surface area contributed by atoms with Gasteiger partial charge in [0.05, 0.1) is 34.3 Å². The van der Waals surface area contributed by atoms with E-state index < -0.39 is 0 Å². The number of pyridine rings is 1. The fourth-order valence-electron chi connectivity index (χ4n) is 9.72. The summed E-state index contributed by atoms with van der Waals surface area (Å²) in [4.78, 5) is 18.7. The molecule has 4 aromatic carbocycles. The molecule has 1 aliphatic heterocycles. The number of nitrogens with zero attached hydrogens (tertiary/aromatic N) is 4. The lowest BCUT2D eigenvalue weighted by Gasteiger charge is -2.28. The van der Waals surface area contributed by atoms with E-state index in [1.165, 1.54) is 38.7 Å². The molecule has 4 aliphatic carbocycles. The first-order valence-electron chi connectivity index (χ1n) is 19.3. The highest BCUT2D eigenvalue weighted by atomic mass is 15.3. The molecular formula is C50H40N4. The van der Waals surface area contributed by atoms with Crippen molar-refractivity contribution in [2.75, 3.05) is 4.90 Å². The fraction of sp³-hybridized carbons (Fsp3) is 0.180. The highest BCUT2D eigenvalue weighted by molar-refractivity contribution is 6.16. The van der Waals surface area contributed by atoms with Crippen molar-refractivity contribution in [1.82, 2.24) is 15.0 Å². The number of anilines is 2. The number of fused-ring (bicyclic) bond motifs is 6. The van der Waals surface area contributed by atoms with Crippen LogP contribution in [0.25, 0.3) is 49.9 Å². The third-order valence-corrected chi connectivity index (χ3v) is 12.5. The number of hydrogen-bond acceptors (Lipinski definition) is 4. The van der Waals surface area contributed by atoms with E-state index in [-0.39, 0.29) is 10.8 Å². The summed E-state index contributed by atoms with van der Waals surface area (Å²) < 4.78 is 0. The Morgan fingerprint density at radius 3 is 2.39 bits per heavy atom. The minimum absolute atomic E-state index is 0.144. The van der Waals surface area contributed by atoms with E-state index in [2.05, 4.69) is 183 Å². The lowest BCUT2D eigenvalue weighted by atomic mass is 9.79. The van der Waals surface area contributed by atoms with Crippen LogP contribution in [0, 0.1) is 11.8 Å². The number of aromatic nitrogens is 3. The molecule has 260 valence electrons. The third-order valence-electron chi connectivity index (χ3n) is 12.5. The van der Waals surface area contributed by atoms with Gasteiger partial charge in [0, 0.05) is 44.5 Å². The van der Waals surface area contributed by atoms with Crippen molar-refractivity contribution in [3.63, 3.8) is 0 Å². The Bertz CT molecular complexity index is 2710. The molecule has 54 heavy (non-hydrogen) atoms. The summed E-state index contributed by atoms with van der Waals surface area (Å²) in [6, 6.07) is 35.5. The van der Waals surface area contributed by atoms with Gasteiger partial charge in [0.25, 0.3) is 0 Å². The molecule has 4 nitrogen and oxygen atoms in total. The summed E-state index contributed by atoms with van der Waals surface area (Å²) in [5, 5.41) is 3.71. The van der Waals surface area contributed by atoms with E-state index in [0.717, 1.165) is 52.4 Å². The van der Waals surface area contributed by atoms with Gasteiger partial charge >= 0.3 is 0 Å². The first-order chi connectivity index (χ1) is 26.5. The zero-order valence-electron chi connectivity index (χ0n) is 30.5. The molecule has 0 bridgehead atoms. The van der Waals surface area contributed by atoms with Gasteiger partial charge in [-0.05, 0) is 59.4 Å². The van der Waals surface area contributed by atoms with Crippen LogP contribution in [-0.4, -0.2) is 21.0 Å². The van der Waals surface area contributed by atoms with E-state index in [9.17, 15) is 0 Å². The number of rotatable bonds is 5. The lowest BCUT2D eigenvalue weighted by Crippen LogP contribution is -2.22. The van der Waals surface area contributed by atoms with E-state index in [1.807, 2.05) is 0 Å². The second kappa shape index (κ2) is 11.7. The average Bonchev–Trinajstić information content (AvgIpc) is 3.80. The van der Waals surface area contributed by atoms with Crippen molar-refractivity contribution in [2.45, 2.75) is 43.6 Å². The van der Waals surface area contributed by atoms with Gasteiger partial charge in [0.2, 0.25) is 0 Å². The first-order valence-corrected chi connectivity index (χ1v) is 19.3. The molecule has 0 N–H and O–H groups in total. The van der Waals surface area contributed by atoms with Crippen LogP contribution in [0.2, 0.25) is 0 Å². The molecule has 1 fully saturated rings. The van der Waals surface area contributed by atoms with Gasteiger partial charge in [0.15, 0.2) is 5.82 Å². The normalized spacial score (nSPS) is 25.9. The summed E-state index contributed by atoms with van der Waals surface area (Å²) in [6.45, 7) is 4.55. The standard InChI is InChI=1S/C50H40N4/c1-32-14-13-16-36(30-32)41-31-42(49(2)27-10-4-11-28-49)53-48(52-41)35-23-21-34(22-24-35)45-44-46(43-38-19-8-7-15-33(38)25-26-40(43)51-45)54(37-17-5-3-6-18-37)47-39-20-9-12-29-50(39,44)47/h3-27,29,31-32,39,47H,28,30H2,1-2H3. The molecule has 11 rings (SSSR count). The second-order valence-corrected chi connectivity index (χ2v) is 15.9. The summed E-state index contributed by atoms with van der Waals surface area (Å²) in [5.74, 6) is 1.63. The van der Waals surface area contributed by atoms with Crippen LogP contribution in [0.15, 0.2) is 164 Å². The molecule has 5 unspecified atom stereocenters.